The summed E-state index contributed by atoms with van der Waals surface area (Å²) in [5.74, 6) is -1.86. The van der Waals surface area contributed by atoms with Crippen molar-refractivity contribution in [2.45, 2.75) is 44.1 Å². The minimum Gasteiger partial charge on any atom is -0.486 e. The Kier molecular flexibility index (Phi) is 7.57. The summed E-state index contributed by atoms with van der Waals surface area (Å²) in [6.07, 6.45) is 1.02. The predicted molar refractivity (Wildman–Crippen MR) is 112 cm³/mol. The number of hydrogen-bond acceptors (Lipinski definition) is 5. The third kappa shape index (κ3) is 6.67. The van der Waals surface area contributed by atoms with E-state index in [9.17, 15) is 18.0 Å². The number of ether oxygens (including phenoxy) is 2. The molecule has 7 nitrogen and oxygen atoms in total. The first-order chi connectivity index (χ1) is 15.6. The van der Waals surface area contributed by atoms with Crippen LogP contribution in [0.2, 0.25) is 0 Å². The van der Waals surface area contributed by atoms with E-state index in [1.165, 1.54) is 0 Å². The topological polar surface area (TPSA) is 89.0 Å². The van der Waals surface area contributed by atoms with Gasteiger partial charge >= 0.3 is 12.1 Å². The first kappa shape index (κ1) is 24.5. The number of nitrogens with zero attached hydrogens (tertiary/aromatic N) is 2. The van der Waals surface area contributed by atoms with Crippen molar-refractivity contribution in [3.05, 3.63) is 59.9 Å². The van der Waals surface area contributed by atoms with Gasteiger partial charge in [0, 0.05) is 31.3 Å². The Morgan fingerprint density at radius 1 is 1.21 bits per heavy atom. The molecule has 0 radical (unpaired) electrons. The highest BCUT2D eigenvalue weighted by atomic mass is 19.4. The number of carbonyl (C=O) groups excluding carboxylic acids is 1. The first-order valence-corrected chi connectivity index (χ1v) is 10.4. The molecule has 2 aliphatic heterocycles. The highest BCUT2D eigenvalue weighted by Gasteiger charge is 2.44. The lowest BCUT2D eigenvalue weighted by Crippen LogP contribution is -2.46. The van der Waals surface area contributed by atoms with Gasteiger partial charge in [-0.25, -0.2) is 4.79 Å². The smallest absolute Gasteiger partial charge is 0.486 e. The van der Waals surface area contributed by atoms with Crippen LogP contribution in [-0.2, 0) is 9.53 Å². The SMILES string of the molecule is Cc1cccc(C(=O)N2CCC3(CC2)CC(Oc2cccnc2)CO3)c1.O=C(O)C(F)(F)F. The van der Waals surface area contributed by atoms with Crippen LogP contribution in [0.15, 0.2) is 48.8 Å². The van der Waals surface area contributed by atoms with Crippen molar-refractivity contribution in [2.24, 2.45) is 0 Å². The van der Waals surface area contributed by atoms with Gasteiger partial charge in [-0.15, -0.1) is 0 Å². The third-order valence-corrected chi connectivity index (χ3v) is 5.58. The molecule has 2 fully saturated rings. The molecule has 1 N–H and O–H groups in total. The molecular weight excluding hydrogens is 441 g/mol. The van der Waals surface area contributed by atoms with Crippen LogP contribution in [0, 0.1) is 6.92 Å². The number of likely N-dealkylation sites (tertiary alicyclic amines) is 1. The number of carboxylic acid groups (broad SMARTS) is 1. The monoisotopic (exact) mass is 466 g/mol. The maximum absolute atomic E-state index is 12.7. The summed E-state index contributed by atoms with van der Waals surface area (Å²) in [7, 11) is 0. The Labute approximate surface area is 189 Å². The number of aromatic nitrogens is 1. The van der Waals surface area contributed by atoms with Gasteiger partial charge in [0.2, 0.25) is 0 Å². The second kappa shape index (κ2) is 10.2. The predicted octanol–water partition coefficient (Wildman–Crippen LogP) is 3.87. The Morgan fingerprint density at radius 3 is 2.48 bits per heavy atom. The fourth-order valence-corrected chi connectivity index (χ4v) is 3.91. The van der Waals surface area contributed by atoms with Crippen LogP contribution < -0.4 is 4.74 Å². The maximum Gasteiger partial charge on any atom is 0.490 e. The van der Waals surface area contributed by atoms with E-state index >= 15 is 0 Å². The van der Waals surface area contributed by atoms with Crippen LogP contribution in [0.3, 0.4) is 0 Å². The first-order valence-electron chi connectivity index (χ1n) is 10.4. The molecule has 3 heterocycles. The van der Waals surface area contributed by atoms with E-state index < -0.39 is 12.1 Å². The maximum atomic E-state index is 12.7. The van der Waals surface area contributed by atoms with Crippen molar-refractivity contribution >= 4 is 11.9 Å². The van der Waals surface area contributed by atoms with Crippen LogP contribution in [0.4, 0.5) is 13.2 Å². The highest BCUT2D eigenvalue weighted by molar-refractivity contribution is 5.94. The number of aryl methyl sites for hydroxylation is 1. The molecule has 178 valence electrons. The van der Waals surface area contributed by atoms with E-state index in [0.717, 1.165) is 49.2 Å². The largest absolute Gasteiger partial charge is 0.490 e. The fraction of sp³-hybridized carbons (Fsp3) is 0.435. The van der Waals surface area contributed by atoms with E-state index in [2.05, 4.69) is 4.98 Å². The number of amides is 1. The lowest BCUT2D eigenvalue weighted by atomic mass is 9.87. The van der Waals surface area contributed by atoms with Crippen molar-refractivity contribution in [3.8, 4) is 5.75 Å². The van der Waals surface area contributed by atoms with Crippen molar-refractivity contribution in [1.82, 2.24) is 9.88 Å². The standard InChI is InChI=1S/C21H24N2O3.C2HF3O2/c1-16-4-2-5-17(12-16)20(24)23-10-7-21(8-11-23)13-19(15-25-21)26-18-6-3-9-22-14-18;3-2(4,5)1(6)7/h2-6,9,12,14,19H,7-8,10-11,13,15H2,1H3;(H,6,7). The average molecular weight is 466 g/mol. The van der Waals surface area contributed by atoms with Crippen molar-refractivity contribution in [2.75, 3.05) is 19.7 Å². The molecule has 1 amide bonds. The van der Waals surface area contributed by atoms with Gasteiger partial charge in [0.25, 0.3) is 5.91 Å². The fourth-order valence-electron chi connectivity index (χ4n) is 3.91. The summed E-state index contributed by atoms with van der Waals surface area (Å²) in [6.45, 7) is 4.07. The molecule has 0 saturated carbocycles. The highest BCUT2D eigenvalue weighted by Crippen LogP contribution is 2.37. The second-order valence-corrected chi connectivity index (χ2v) is 8.09. The number of rotatable bonds is 3. The molecule has 2 aliphatic rings. The van der Waals surface area contributed by atoms with Crippen LogP contribution in [0.1, 0.15) is 35.2 Å². The number of carboxylic acids is 1. The molecule has 0 aliphatic carbocycles. The quantitative estimate of drug-likeness (QED) is 0.739. The van der Waals surface area contributed by atoms with Crippen molar-refractivity contribution in [3.63, 3.8) is 0 Å². The molecule has 10 heteroatoms. The summed E-state index contributed by atoms with van der Waals surface area (Å²) in [6, 6.07) is 11.6. The third-order valence-electron chi connectivity index (χ3n) is 5.58. The molecule has 33 heavy (non-hydrogen) atoms. The zero-order valence-electron chi connectivity index (χ0n) is 18.0. The average Bonchev–Trinajstić information content (AvgIpc) is 3.16. The molecule has 2 aromatic rings. The molecule has 1 unspecified atom stereocenters. The minimum atomic E-state index is -5.08. The number of benzene rings is 1. The number of alkyl halides is 3. The van der Waals surface area contributed by atoms with Gasteiger partial charge < -0.3 is 19.5 Å². The summed E-state index contributed by atoms with van der Waals surface area (Å²) in [5.41, 5.74) is 1.72. The van der Waals surface area contributed by atoms with E-state index in [4.69, 9.17) is 19.4 Å². The number of hydrogen-bond donors (Lipinski definition) is 1. The van der Waals surface area contributed by atoms with E-state index in [-0.39, 0.29) is 17.6 Å². The second-order valence-electron chi connectivity index (χ2n) is 8.09. The van der Waals surface area contributed by atoms with E-state index in [1.54, 1.807) is 12.4 Å². The van der Waals surface area contributed by atoms with Crippen molar-refractivity contribution < 1.29 is 37.3 Å². The lowest BCUT2D eigenvalue weighted by Gasteiger charge is -2.38. The van der Waals surface area contributed by atoms with Gasteiger partial charge in [-0.2, -0.15) is 13.2 Å². The van der Waals surface area contributed by atoms with Gasteiger partial charge in [-0.05, 0) is 44.0 Å². The molecule has 2 saturated heterocycles. The molecule has 1 spiro atoms. The molecule has 1 atom stereocenters. The van der Waals surface area contributed by atoms with Gasteiger partial charge in [-0.3, -0.25) is 9.78 Å². The van der Waals surface area contributed by atoms with Gasteiger partial charge in [0.1, 0.15) is 11.9 Å². The summed E-state index contributed by atoms with van der Waals surface area (Å²) < 4.78 is 43.9. The minimum absolute atomic E-state index is 0.0539. The molecule has 1 aromatic heterocycles. The summed E-state index contributed by atoms with van der Waals surface area (Å²) in [4.78, 5) is 27.6. The van der Waals surface area contributed by atoms with Gasteiger partial charge in [-0.1, -0.05) is 17.7 Å². The lowest BCUT2D eigenvalue weighted by molar-refractivity contribution is -0.192. The summed E-state index contributed by atoms with van der Waals surface area (Å²) >= 11 is 0. The Hall–Kier alpha value is -3.14. The number of piperidine rings is 1. The molecule has 1 aromatic carbocycles. The van der Waals surface area contributed by atoms with Crippen molar-refractivity contribution in [1.29, 1.82) is 0 Å². The van der Waals surface area contributed by atoms with Gasteiger partial charge in [0.15, 0.2) is 0 Å². The normalized spacial score (nSPS) is 19.5. The number of aliphatic carboxylic acids is 1. The Balaban J connectivity index is 0.000000383. The molecular formula is C23H25F3N2O5. The van der Waals surface area contributed by atoms with Crippen LogP contribution in [0.25, 0.3) is 0 Å². The number of pyridine rings is 1. The summed E-state index contributed by atoms with van der Waals surface area (Å²) in [5, 5.41) is 7.12. The van der Waals surface area contributed by atoms with E-state index in [0.29, 0.717) is 6.61 Å². The molecule has 4 rings (SSSR count). The zero-order chi connectivity index (χ0) is 24.1. The molecule has 0 bridgehead atoms. The van der Waals surface area contributed by atoms with Crippen LogP contribution in [0.5, 0.6) is 5.75 Å². The number of halogens is 3. The zero-order valence-corrected chi connectivity index (χ0v) is 18.0. The van der Waals surface area contributed by atoms with Gasteiger partial charge in [0.05, 0.1) is 18.4 Å². The Morgan fingerprint density at radius 2 is 1.91 bits per heavy atom. The van der Waals surface area contributed by atoms with Crippen LogP contribution >= 0.6 is 0 Å². The van der Waals surface area contributed by atoms with E-state index in [1.807, 2.05) is 48.2 Å². The Bertz CT molecular complexity index is 960. The number of carbonyl (C=O) groups is 2. The van der Waals surface area contributed by atoms with Crippen LogP contribution in [-0.4, -0.2) is 64.4 Å².